The molecule has 1 aliphatic rings. The van der Waals surface area contributed by atoms with Crippen LogP contribution in [0.2, 0.25) is 0 Å². The first kappa shape index (κ1) is 15.6. The Morgan fingerprint density at radius 1 is 1.48 bits per heavy atom. The summed E-state index contributed by atoms with van der Waals surface area (Å²) in [5.41, 5.74) is 0.314. The summed E-state index contributed by atoms with van der Waals surface area (Å²) in [6.45, 7) is 3.51. The van der Waals surface area contributed by atoms with E-state index in [4.69, 9.17) is 4.74 Å². The number of aromatic nitrogens is 1. The van der Waals surface area contributed by atoms with Crippen LogP contribution in [-0.2, 0) is 9.47 Å². The van der Waals surface area contributed by atoms with Crippen molar-refractivity contribution in [3.05, 3.63) is 11.1 Å². The third-order valence-corrected chi connectivity index (χ3v) is 4.02. The summed E-state index contributed by atoms with van der Waals surface area (Å²) in [7, 11) is 1.33. The number of hydrogen-bond donors (Lipinski definition) is 1. The highest BCUT2D eigenvalue weighted by atomic mass is 32.1. The van der Waals surface area contributed by atoms with Crippen LogP contribution in [0.3, 0.4) is 0 Å². The first-order valence-corrected chi connectivity index (χ1v) is 7.74. The maximum absolute atomic E-state index is 11.6. The van der Waals surface area contributed by atoms with Gasteiger partial charge in [-0.3, -0.25) is 0 Å². The van der Waals surface area contributed by atoms with Crippen LogP contribution in [0.5, 0.6) is 0 Å². The van der Waals surface area contributed by atoms with Crippen molar-refractivity contribution in [2.24, 2.45) is 0 Å². The molecule has 1 aromatic heterocycles. The van der Waals surface area contributed by atoms with Crippen molar-refractivity contribution in [3.8, 4) is 0 Å². The minimum Gasteiger partial charge on any atom is -0.464 e. The molecule has 0 aliphatic carbocycles. The number of thiazole rings is 1. The molecular weight excluding hydrogens is 294 g/mol. The Bertz CT molecular complexity index is 497. The number of rotatable bonds is 4. The first-order valence-electron chi connectivity index (χ1n) is 6.86. The quantitative estimate of drug-likeness (QED) is 0.856. The zero-order valence-electron chi connectivity index (χ0n) is 12.1. The van der Waals surface area contributed by atoms with E-state index in [1.54, 1.807) is 17.2 Å². The fraction of sp³-hybridized carbons (Fsp3) is 0.615. The van der Waals surface area contributed by atoms with Gasteiger partial charge in [0.2, 0.25) is 0 Å². The summed E-state index contributed by atoms with van der Waals surface area (Å²) >= 11 is 1.37. The Morgan fingerprint density at radius 3 is 2.81 bits per heavy atom. The van der Waals surface area contributed by atoms with Crippen LogP contribution in [0.4, 0.5) is 9.93 Å². The Balaban J connectivity index is 1.82. The second-order valence-electron chi connectivity index (χ2n) is 4.63. The molecule has 1 fully saturated rings. The van der Waals surface area contributed by atoms with E-state index in [0.717, 1.165) is 12.8 Å². The molecule has 0 bridgehead atoms. The Morgan fingerprint density at radius 2 is 2.19 bits per heavy atom. The van der Waals surface area contributed by atoms with Gasteiger partial charge in [-0.2, -0.15) is 0 Å². The third-order valence-electron chi connectivity index (χ3n) is 3.25. The van der Waals surface area contributed by atoms with Crippen molar-refractivity contribution < 1.29 is 19.1 Å². The smallest absolute Gasteiger partial charge is 0.409 e. The zero-order valence-corrected chi connectivity index (χ0v) is 12.9. The molecule has 1 saturated heterocycles. The van der Waals surface area contributed by atoms with Crippen LogP contribution in [-0.4, -0.2) is 54.8 Å². The van der Waals surface area contributed by atoms with Crippen molar-refractivity contribution in [3.63, 3.8) is 0 Å². The molecule has 0 saturated carbocycles. The summed E-state index contributed by atoms with van der Waals surface area (Å²) in [6.07, 6.45) is 1.40. The molecular formula is C13H19N3O4S. The van der Waals surface area contributed by atoms with Gasteiger partial charge in [0.05, 0.1) is 13.7 Å². The standard InChI is InChI=1S/C13H19N3O4S/c1-3-20-13(18)16-6-4-9(5-7-16)14-12-15-10(8-21-12)11(17)19-2/h8-9H,3-7H2,1-2H3,(H,14,15). The number of nitrogens with one attached hydrogen (secondary N) is 1. The topological polar surface area (TPSA) is 80.8 Å². The van der Waals surface area contributed by atoms with Crippen LogP contribution in [0, 0.1) is 0 Å². The molecule has 7 nitrogen and oxygen atoms in total. The van der Waals surface area contributed by atoms with Gasteiger partial charge in [0.25, 0.3) is 0 Å². The van der Waals surface area contributed by atoms with Gasteiger partial charge in [0.15, 0.2) is 10.8 Å². The van der Waals surface area contributed by atoms with Gasteiger partial charge >= 0.3 is 12.1 Å². The highest BCUT2D eigenvalue weighted by Gasteiger charge is 2.24. The summed E-state index contributed by atoms with van der Waals surface area (Å²) < 4.78 is 9.60. The summed E-state index contributed by atoms with van der Waals surface area (Å²) in [5, 5.41) is 5.66. The summed E-state index contributed by atoms with van der Waals surface area (Å²) in [6, 6.07) is 0.243. The van der Waals surface area contributed by atoms with Crippen molar-refractivity contribution in [1.82, 2.24) is 9.88 Å². The van der Waals surface area contributed by atoms with Crippen LogP contribution in [0.15, 0.2) is 5.38 Å². The number of amides is 1. The first-order chi connectivity index (χ1) is 10.1. The van der Waals surface area contributed by atoms with E-state index in [9.17, 15) is 9.59 Å². The molecule has 1 aliphatic heterocycles. The molecule has 8 heteroatoms. The zero-order chi connectivity index (χ0) is 15.2. The Kier molecular flexibility index (Phi) is 5.38. The Labute approximate surface area is 127 Å². The van der Waals surface area contributed by atoms with Crippen molar-refractivity contribution >= 4 is 28.5 Å². The number of piperidine rings is 1. The average Bonchev–Trinajstić information content (AvgIpc) is 2.96. The molecule has 2 heterocycles. The lowest BCUT2D eigenvalue weighted by Gasteiger charge is -2.31. The average molecular weight is 313 g/mol. The lowest BCUT2D eigenvalue weighted by Crippen LogP contribution is -2.42. The van der Waals surface area contributed by atoms with Crippen LogP contribution < -0.4 is 5.32 Å². The molecule has 1 aromatic rings. The monoisotopic (exact) mass is 313 g/mol. The Hall–Kier alpha value is -1.83. The second kappa shape index (κ2) is 7.26. The largest absolute Gasteiger partial charge is 0.464 e. The molecule has 1 N–H and O–H groups in total. The molecule has 0 radical (unpaired) electrons. The van der Waals surface area contributed by atoms with Crippen LogP contribution in [0.1, 0.15) is 30.3 Å². The molecule has 0 spiro atoms. The van der Waals surface area contributed by atoms with Gasteiger partial charge < -0.3 is 19.7 Å². The minimum absolute atomic E-state index is 0.243. The lowest BCUT2D eigenvalue weighted by atomic mass is 10.1. The fourth-order valence-electron chi connectivity index (χ4n) is 2.13. The highest BCUT2D eigenvalue weighted by Crippen LogP contribution is 2.21. The van der Waals surface area contributed by atoms with Gasteiger partial charge in [0, 0.05) is 24.5 Å². The van der Waals surface area contributed by atoms with Gasteiger partial charge in [0.1, 0.15) is 0 Å². The van der Waals surface area contributed by atoms with E-state index in [2.05, 4.69) is 15.0 Å². The van der Waals surface area contributed by atoms with Crippen molar-refractivity contribution in [2.75, 3.05) is 32.1 Å². The number of carbonyl (C=O) groups excluding carboxylic acids is 2. The predicted molar refractivity (Wildman–Crippen MR) is 78.7 cm³/mol. The number of hydrogen-bond acceptors (Lipinski definition) is 7. The number of nitrogens with zero attached hydrogens (tertiary/aromatic N) is 2. The molecule has 0 atom stereocenters. The van der Waals surface area contributed by atoms with E-state index in [0.29, 0.717) is 30.5 Å². The van der Waals surface area contributed by atoms with Gasteiger partial charge in [-0.05, 0) is 19.8 Å². The van der Waals surface area contributed by atoms with E-state index in [-0.39, 0.29) is 12.1 Å². The predicted octanol–water partition coefficient (Wildman–Crippen LogP) is 1.96. The number of methoxy groups -OCH3 is 1. The molecule has 21 heavy (non-hydrogen) atoms. The molecule has 1 amide bonds. The maximum Gasteiger partial charge on any atom is 0.409 e. The number of ether oxygens (including phenoxy) is 2. The normalized spacial score (nSPS) is 15.6. The van der Waals surface area contributed by atoms with Crippen molar-refractivity contribution in [2.45, 2.75) is 25.8 Å². The molecule has 0 aromatic carbocycles. The van der Waals surface area contributed by atoms with Crippen molar-refractivity contribution in [1.29, 1.82) is 0 Å². The second-order valence-corrected chi connectivity index (χ2v) is 5.49. The SMILES string of the molecule is CCOC(=O)N1CCC(Nc2nc(C(=O)OC)cs2)CC1. The maximum atomic E-state index is 11.6. The molecule has 116 valence electrons. The number of carbonyl (C=O) groups is 2. The summed E-state index contributed by atoms with van der Waals surface area (Å²) in [5.74, 6) is -0.434. The fourth-order valence-corrected chi connectivity index (χ4v) is 2.89. The minimum atomic E-state index is -0.434. The van der Waals surface area contributed by atoms with E-state index in [1.807, 2.05) is 0 Å². The van der Waals surface area contributed by atoms with E-state index < -0.39 is 5.97 Å². The highest BCUT2D eigenvalue weighted by molar-refractivity contribution is 7.13. The van der Waals surface area contributed by atoms with E-state index >= 15 is 0 Å². The van der Waals surface area contributed by atoms with Gasteiger partial charge in [-0.15, -0.1) is 11.3 Å². The van der Waals surface area contributed by atoms with E-state index in [1.165, 1.54) is 18.4 Å². The number of likely N-dealkylation sites (tertiary alicyclic amines) is 1. The lowest BCUT2D eigenvalue weighted by molar-refractivity contribution is 0.0595. The summed E-state index contributed by atoms with van der Waals surface area (Å²) in [4.78, 5) is 28.8. The van der Waals surface area contributed by atoms with Crippen LogP contribution in [0.25, 0.3) is 0 Å². The molecule has 0 unspecified atom stereocenters. The van der Waals surface area contributed by atoms with Gasteiger partial charge in [-0.1, -0.05) is 0 Å². The molecule has 2 rings (SSSR count). The number of anilines is 1. The number of esters is 1. The third kappa shape index (κ3) is 4.07. The van der Waals surface area contributed by atoms with Gasteiger partial charge in [-0.25, -0.2) is 14.6 Å². The van der Waals surface area contributed by atoms with Crippen LogP contribution >= 0.6 is 11.3 Å².